The number of nitrogens with zero attached hydrogens (tertiary/aromatic N) is 1. The molecule has 0 aliphatic rings. The molecule has 8 nitrogen and oxygen atoms in total. The van der Waals surface area contributed by atoms with Gasteiger partial charge in [0.15, 0.2) is 0 Å². The van der Waals surface area contributed by atoms with Gasteiger partial charge in [0.1, 0.15) is 0 Å². The number of aliphatic imine (C=N–C) groups is 1. The molecule has 3 atom stereocenters. The molecule has 3 aromatic carbocycles. The number of nitrogens with one attached hydrogen (secondary N) is 2. The number of carbonyl (C=O) groups excluding carboxylic acids is 3. The third kappa shape index (κ3) is 12.0. The van der Waals surface area contributed by atoms with Gasteiger partial charge in [-0.25, -0.2) is 0 Å². The van der Waals surface area contributed by atoms with Crippen LogP contribution in [0.4, 0.5) is 4.79 Å². The Balaban J connectivity index is 1.75. The van der Waals surface area contributed by atoms with Crippen LogP contribution < -0.4 is 10.6 Å². The molecule has 233 valence electrons. The van der Waals surface area contributed by atoms with E-state index in [0.29, 0.717) is 11.0 Å². The van der Waals surface area contributed by atoms with Crippen molar-refractivity contribution in [2.45, 2.75) is 71.9 Å². The number of ether oxygens (including phenoxy) is 2. The molecular weight excluding hydrogens is 621 g/mol. The van der Waals surface area contributed by atoms with Crippen molar-refractivity contribution in [2.24, 2.45) is 16.8 Å². The molecule has 0 unspecified atom stereocenters. The summed E-state index contributed by atoms with van der Waals surface area (Å²) in [5, 5.41) is 5.81. The first-order chi connectivity index (χ1) is 21.1. The zero-order valence-electron chi connectivity index (χ0n) is 25.8. The molecular formula is C35H42N3O5Se. The van der Waals surface area contributed by atoms with Crippen LogP contribution >= 0.6 is 0 Å². The van der Waals surface area contributed by atoms with Gasteiger partial charge in [0.2, 0.25) is 0 Å². The van der Waals surface area contributed by atoms with Crippen LogP contribution in [0, 0.1) is 11.8 Å². The second-order valence-electron chi connectivity index (χ2n) is 11.4. The number of alkyl carbamates (subject to hydrolysis) is 1. The van der Waals surface area contributed by atoms with Gasteiger partial charge in [-0.3, -0.25) is 0 Å². The molecule has 0 bridgehead atoms. The molecule has 9 heteroatoms. The zero-order chi connectivity index (χ0) is 31.9. The topological polar surface area (TPSA) is 106 Å². The van der Waals surface area contributed by atoms with Crippen LogP contribution in [0.5, 0.6) is 0 Å². The molecule has 1 radical (unpaired) electrons. The molecule has 44 heavy (non-hydrogen) atoms. The zero-order valence-corrected chi connectivity index (χ0v) is 27.5. The van der Waals surface area contributed by atoms with E-state index in [4.69, 9.17) is 14.5 Å². The summed E-state index contributed by atoms with van der Waals surface area (Å²) >= 11 is 2.99. The van der Waals surface area contributed by atoms with Gasteiger partial charge >= 0.3 is 263 Å². The summed E-state index contributed by atoms with van der Waals surface area (Å²) in [5.74, 6) is -0.746. The summed E-state index contributed by atoms with van der Waals surface area (Å²) in [4.78, 5) is 44.3. The summed E-state index contributed by atoms with van der Waals surface area (Å²) < 4.78 is 11.5. The summed E-state index contributed by atoms with van der Waals surface area (Å²) in [6.07, 6.45) is 0.142. The summed E-state index contributed by atoms with van der Waals surface area (Å²) in [7, 11) is 0. The molecule has 0 aromatic heterocycles. The first-order valence-corrected chi connectivity index (χ1v) is 15.7. The van der Waals surface area contributed by atoms with E-state index in [1.165, 1.54) is 0 Å². The maximum absolute atomic E-state index is 13.7. The van der Waals surface area contributed by atoms with Gasteiger partial charge in [-0.05, 0) is 0 Å². The van der Waals surface area contributed by atoms with Crippen LogP contribution in [0.2, 0.25) is 0 Å². The molecule has 0 saturated heterocycles. The number of esters is 1. The molecule has 0 saturated carbocycles. The number of carbonyl (C=O) groups is 3. The third-order valence-electron chi connectivity index (χ3n) is 6.79. The molecule has 2 amide bonds. The predicted octanol–water partition coefficient (Wildman–Crippen LogP) is 5.39. The fourth-order valence-electron chi connectivity index (χ4n) is 4.45. The van der Waals surface area contributed by atoms with E-state index in [1.54, 1.807) is 0 Å². The van der Waals surface area contributed by atoms with E-state index < -0.39 is 30.2 Å². The van der Waals surface area contributed by atoms with Gasteiger partial charge in [-0.2, -0.15) is 0 Å². The van der Waals surface area contributed by atoms with Crippen molar-refractivity contribution in [3.63, 3.8) is 0 Å². The van der Waals surface area contributed by atoms with Gasteiger partial charge in [0.05, 0.1) is 0 Å². The molecule has 3 aromatic rings. The van der Waals surface area contributed by atoms with Crippen LogP contribution in [0.25, 0.3) is 0 Å². The van der Waals surface area contributed by atoms with Crippen molar-refractivity contribution < 1.29 is 23.9 Å². The SMILES string of the molecule is CC(C)C[C@H](NC(=O)[C@H](Cc1ccccc1)NC(=O)OCc1ccccc1)C([Se])=N[C@H](C(=O)OCc1ccccc1)C(C)C. The summed E-state index contributed by atoms with van der Waals surface area (Å²) in [6.45, 7) is 8.13. The first-order valence-electron chi connectivity index (χ1n) is 14.9. The van der Waals surface area contributed by atoms with Crippen molar-refractivity contribution in [3.05, 3.63) is 108 Å². The Bertz CT molecular complexity index is 1350. The van der Waals surface area contributed by atoms with Crippen molar-refractivity contribution in [2.75, 3.05) is 0 Å². The Morgan fingerprint density at radius 3 is 1.70 bits per heavy atom. The van der Waals surface area contributed by atoms with Gasteiger partial charge in [0.25, 0.3) is 0 Å². The van der Waals surface area contributed by atoms with Crippen molar-refractivity contribution in [1.82, 2.24) is 10.6 Å². The summed E-state index contributed by atoms with van der Waals surface area (Å²) in [6, 6.07) is 26.1. The van der Waals surface area contributed by atoms with Crippen LogP contribution in [-0.4, -0.2) is 56.7 Å². The molecule has 0 aliphatic heterocycles. The van der Waals surface area contributed by atoms with Crippen molar-refractivity contribution in [1.29, 1.82) is 0 Å². The standard InChI is InChI=1S/C35H42N3O5Se/c1-24(2)20-30(33(44)38-31(25(3)4)34(40)42-22-27-16-10-6-11-17-27)36-32(39)29(21-26-14-8-5-9-15-26)37-35(41)43-23-28-18-12-7-13-19-28/h5-19,24-25,29-31H,20-23H2,1-4H3,(H,36,39)(H,37,41)/t29-,30-,31-/m0/s1. The third-order valence-corrected chi connectivity index (χ3v) is 7.61. The Hall–Kier alpha value is -3.94. The molecule has 0 fully saturated rings. The molecule has 0 heterocycles. The maximum atomic E-state index is 13.7. The Morgan fingerprint density at radius 1 is 0.705 bits per heavy atom. The van der Waals surface area contributed by atoms with E-state index >= 15 is 0 Å². The number of hydrogen-bond acceptors (Lipinski definition) is 6. The fourth-order valence-corrected chi connectivity index (χ4v) is 5.01. The quantitative estimate of drug-likeness (QED) is 0.129. The second kappa shape index (κ2) is 18.0. The Morgan fingerprint density at radius 2 is 1.20 bits per heavy atom. The van der Waals surface area contributed by atoms with E-state index in [1.807, 2.05) is 119 Å². The monoisotopic (exact) mass is 664 g/mol. The number of benzene rings is 3. The number of rotatable bonds is 15. The van der Waals surface area contributed by atoms with Crippen LogP contribution in [0.1, 0.15) is 50.8 Å². The van der Waals surface area contributed by atoms with Gasteiger partial charge in [-0.15, -0.1) is 0 Å². The van der Waals surface area contributed by atoms with E-state index in [9.17, 15) is 14.4 Å². The van der Waals surface area contributed by atoms with E-state index in [0.717, 1.165) is 16.7 Å². The molecule has 0 aliphatic carbocycles. The van der Waals surface area contributed by atoms with Gasteiger partial charge < -0.3 is 0 Å². The van der Waals surface area contributed by atoms with Crippen LogP contribution in [-0.2, 0) is 38.7 Å². The average Bonchev–Trinajstić information content (AvgIpc) is 3.01. The van der Waals surface area contributed by atoms with E-state index in [2.05, 4.69) is 26.6 Å². The van der Waals surface area contributed by atoms with Crippen molar-refractivity contribution in [3.8, 4) is 0 Å². The molecule has 2 N–H and O–H groups in total. The number of amides is 2. The minimum atomic E-state index is -0.903. The van der Waals surface area contributed by atoms with Crippen molar-refractivity contribution >= 4 is 38.6 Å². The van der Waals surface area contributed by atoms with E-state index in [-0.39, 0.29) is 37.4 Å². The normalized spacial score (nSPS) is 13.5. The summed E-state index contributed by atoms with van der Waals surface area (Å²) in [5.41, 5.74) is 2.61. The second-order valence-corrected chi connectivity index (χ2v) is 12.3. The first kappa shape index (κ1) is 34.5. The van der Waals surface area contributed by atoms with Gasteiger partial charge in [-0.1, -0.05) is 6.07 Å². The molecule has 0 spiro atoms. The van der Waals surface area contributed by atoms with Gasteiger partial charge in [0, 0.05) is 0 Å². The molecule has 3 rings (SSSR count). The number of hydrogen-bond donors (Lipinski definition) is 2. The van der Waals surface area contributed by atoms with Crippen LogP contribution in [0.15, 0.2) is 96.0 Å². The Labute approximate surface area is 268 Å². The fraction of sp³-hybridized carbons (Fsp3) is 0.371. The average molecular weight is 664 g/mol. The Kier molecular flexibility index (Phi) is 14.1. The minimum absolute atomic E-state index is 0.0833. The van der Waals surface area contributed by atoms with Crippen LogP contribution in [0.3, 0.4) is 0 Å². The predicted molar refractivity (Wildman–Crippen MR) is 173 cm³/mol.